The number of halogens is 6. The van der Waals surface area contributed by atoms with Gasteiger partial charge in [0.1, 0.15) is 11.4 Å². The lowest BCUT2D eigenvalue weighted by atomic mass is 9.87. The molecule has 0 saturated heterocycles. The van der Waals surface area contributed by atoms with Crippen LogP contribution in [0.2, 0.25) is 0 Å². The van der Waals surface area contributed by atoms with Crippen molar-refractivity contribution in [3.8, 4) is 0 Å². The quantitative estimate of drug-likeness (QED) is 0.312. The van der Waals surface area contributed by atoms with Crippen LogP contribution < -0.4 is 0 Å². The average molecular weight is 421 g/mol. The van der Waals surface area contributed by atoms with Gasteiger partial charge < -0.3 is 4.90 Å². The molecule has 1 aliphatic rings. The molecule has 1 aliphatic heterocycles. The number of fused-ring (bicyclic) bond motifs is 1. The molecule has 30 heavy (non-hydrogen) atoms. The maximum absolute atomic E-state index is 14.6. The minimum Gasteiger partial charge on any atom is -0.327 e. The van der Waals surface area contributed by atoms with Gasteiger partial charge in [-0.2, -0.15) is 0 Å². The van der Waals surface area contributed by atoms with E-state index >= 15 is 0 Å². The van der Waals surface area contributed by atoms with Gasteiger partial charge in [0.2, 0.25) is 5.82 Å². The molecule has 0 N–H and O–H groups in total. The van der Waals surface area contributed by atoms with E-state index in [-0.39, 0.29) is 18.5 Å². The fourth-order valence-electron chi connectivity index (χ4n) is 3.75. The van der Waals surface area contributed by atoms with Crippen molar-refractivity contribution in [2.24, 2.45) is 0 Å². The van der Waals surface area contributed by atoms with E-state index in [0.29, 0.717) is 5.56 Å². The highest BCUT2D eigenvalue weighted by Gasteiger charge is 2.38. The number of carbonyl (C=O) groups excluding carboxylic acids is 1. The molecular weight excluding hydrogens is 408 g/mol. The summed E-state index contributed by atoms with van der Waals surface area (Å²) in [5.41, 5.74) is -0.229. The van der Waals surface area contributed by atoms with Gasteiger partial charge in [0.25, 0.3) is 5.91 Å². The second-order valence-electron chi connectivity index (χ2n) is 6.82. The predicted octanol–water partition coefficient (Wildman–Crippen LogP) is 5.31. The Hall–Kier alpha value is -3.29. The van der Waals surface area contributed by atoms with Gasteiger partial charge in [-0.15, -0.1) is 0 Å². The molecule has 0 spiro atoms. The molecule has 0 radical (unpaired) electrons. The number of amides is 1. The summed E-state index contributed by atoms with van der Waals surface area (Å²) >= 11 is 0. The van der Waals surface area contributed by atoms with Gasteiger partial charge in [0.15, 0.2) is 23.3 Å². The van der Waals surface area contributed by atoms with Crippen LogP contribution in [0.25, 0.3) is 0 Å². The molecule has 4 rings (SSSR count). The molecule has 1 amide bonds. The van der Waals surface area contributed by atoms with Crippen LogP contribution in [0, 0.1) is 34.9 Å². The Morgan fingerprint density at radius 2 is 1.27 bits per heavy atom. The maximum atomic E-state index is 14.6. The lowest BCUT2D eigenvalue weighted by molar-refractivity contribution is 0.0678. The smallest absolute Gasteiger partial charge is 0.260 e. The third-order valence-electron chi connectivity index (χ3n) is 5.17. The third-order valence-corrected chi connectivity index (χ3v) is 5.17. The van der Waals surface area contributed by atoms with Crippen molar-refractivity contribution in [3.63, 3.8) is 0 Å². The van der Waals surface area contributed by atoms with Crippen LogP contribution in [0.15, 0.2) is 48.5 Å². The highest BCUT2D eigenvalue weighted by atomic mass is 19.2. The number of rotatable bonds is 2. The Morgan fingerprint density at radius 3 is 1.90 bits per heavy atom. The standard InChI is InChI=1S/C22H13F6NO/c23-14-8-4-3-7-13(14)21-12-6-2-1-5-11(12)9-10-29(21)22(30)15-16(24)18(26)20(28)19(27)17(15)25/h1-8,21H,9-10H2/t21-/m1/s1. The molecule has 0 bridgehead atoms. The lowest BCUT2D eigenvalue weighted by Gasteiger charge is -2.38. The highest BCUT2D eigenvalue weighted by molar-refractivity contribution is 5.95. The molecule has 0 fully saturated rings. The zero-order valence-electron chi connectivity index (χ0n) is 15.2. The second-order valence-corrected chi connectivity index (χ2v) is 6.82. The monoisotopic (exact) mass is 421 g/mol. The lowest BCUT2D eigenvalue weighted by Crippen LogP contribution is -2.42. The highest BCUT2D eigenvalue weighted by Crippen LogP contribution is 2.38. The van der Waals surface area contributed by atoms with Gasteiger partial charge in [0.05, 0.1) is 6.04 Å². The number of carbonyl (C=O) groups is 1. The van der Waals surface area contributed by atoms with Gasteiger partial charge >= 0.3 is 0 Å². The van der Waals surface area contributed by atoms with E-state index in [1.54, 1.807) is 24.3 Å². The first-order valence-electron chi connectivity index (χ1n) is 8.97. The number of nitrogens with zero attached hydrogens (tertiary/aromatic N) is 1. The summed E-state index contributed by atoms with van der Waals surface area (Å²) in [4.78, 5) is 14.0. The summed E-state index contributed by atoms with van der Waals surface area (Å²) in [6.07, 6.45) is 0.266. The summed E-state index contributed by atoms with van der Waals surface area (Å²) in [5.74, 6) is -13.3. The summed E-state index contributed by atoms with van der Waals surface area (Å²) in [6, 6.07) is 11.2. The second kappa shape index (κ2) is 7.51. The molecule has 154 valence electrons. The van der Waals surface area contributed by atoms with Gasteiger partial charge in [-0.05, 0) is 23.6 Å². The zero-order chi connectivity index (χ0) is 21.6. The topological polar surface area (TPSA) is 20.3 Å². The van der Waals surface area contributed by atoms with Crippen LogP contribution in [0.1, 0.15) is 33.1 Å². The van der Waals surface area contributed by atoms with E-state index < -0.39 is 52.4 Å². The number of hydrogen-bond donors (Lipinski definition) is 0. The Kier molecular flexibility index (Phi) is 5.01. The van der Waals surface area contributed by atoms with Gasteiger partial charge in [-0.1, -0.05) is 42.5 Å². The Bertz CT molecular complexity index is 1130. The fourth-order valence-corrected chi connectivity index (χ4v) is 3.75. The predicted molar refractivity (Wildman–Crippen MR) is 95.7 cm³/mol. The Balaban J connectivity index is 1.90. The first-order chi connectivity index (χ1) is 14.3. The molecule has 2 nitrogen and oxygen atoms in total. The minimum atomic E-state index is -2.35. The van der Waals surface area contributed by atoms with E-state index in [1.165, 1.54) is 18.2 Å². The van der Waals surface area contributed by atoms with Crippen LogP contribution in [0.5, 0.6) is 0 Å². The minimum absolute atomic E-state index is 0.0434. The summed E-state index contributed by atoms with van der Waals surface area (Å²) in [7, 11) is 0. The zero-order valence-corrected chi connectivity index (χ0v) is 15.2. The first kappa shape index (κ1) is 20.0. The largest absolute Gasteiger partial charge is 0.327 e. The molecule has 0 saturated carbocycles. The van der Waals surface area contributed by atoms with E-state index in [1.807, 2.05) is 0 Å². The van der Waals surface area contributed by atoms with Crippen molar-refractivity contribution in [3.05, 3.63) is 106 Å². The van der Waals surface area contributed by atoms with E-state index in [4.69, 9.17) is 0 Å². The van der Waals surface area contributed by atoms with Crippen LogP contribution in [0.4, 0.5) is 26.3 Å². The van der Waals surface area contributed by atoms with Gasteiger partial charge in [0, 0.05) is 12.1 Å². The van der Waals surface area contributed by atoms with Crippen molar-refractivity contribution >= 4 is 5.91 Å². The van der Waals surface area contributed by atoms with E-state index in [2.05, 4.69) is 0 Å². The molecule has 0 unspecified atom stereocenters. The third kappa shape index (κ3) is 3.03. The van der Waals surface area contributed by atoms with Crippen LogP contribution in [0.3, 0.4) is 0 Å². The van der Waals surface area contributed by atoms with Crippen LogP contribution in [-0.2, 0) is 6.42 Å². The molecule has 0 aliphatic carbocycles. The van der Waals surface area contributed by atoms with Crippen molar-refractivity contribution in [2.75, 3.05) is 6.54 Å². The average Bonchev–Trinajstić information content (AvgIpc) is 2.76. The van der Waals surface area contributed by atoms with E-state index in [9.17, 15) is 31.1 Å². The molecule has 3 aromatic rings. The molecule has 8 heteroatoms. The molecule has 1 heterocycles. The molecule has 3 aromatic carbocycles. The van der Waals surface area contributed by atoms with Gasteiger partial charge in [-0.3, -0.25) is 4.79 Å². The first-order valence-corrected chi connectivity index (χ1v) is 8.97. The fraction of sp³-hybridized carbons (Fsp3) is 0.136. The molecular formula is C22H13F6NO. The summed E-state index contributed by atoms with van der Waals surface area (Å²) in [5, 5.41) is 0. The number of hydrogen-bond acceptors (Lipinski definition) is 1. The molecule has 1 atom stereocenters. The summed E-state index contributed by atoms with van der Waals surface area (Å²) in [6.45, 7) is -0.103. The van der Waals surface area contributed by atoms with Crippen molar-refractivity contribution < 1.29 is 31.1 Å². The van der Waals surface area contributed by atoms with Crippen LogP contribution in [-0.4, -0.2) is 17.4 Å². The van der Waals surface area contributed by atoms with Crippen LogP contribution >= 0.6 is 0 Å². The van der Waals surface area contributed by atoms with Crippen molar-refractivity contribution in [2.45, 2.75) is 12.5 Å². The maximum Gasteiger partial charge on any atom is 0.260 e. The Labute approximate surface area is 167 Å². The number of benzene rings is 3. The summed E-state index contributed by atoms with van der Waals surface area (Å²) < 4.78 is 83.8. The van der Waals surface area contributed by atoms with E-state index in [0.717, 1.165) is 16.5 Å². The van der Waals surface area contributed by atoms with Gasteiger partial charge in [-0.25, -0.2) is 26.3 Å². The van der Waals surface area contributed by atoms with Crippen molar-refractivity contribution in [1.29, 1.82) is 0 Å². The SMILES string of the molecule is O=C(c1c(F)c(F)c(F)c(F)c1F)N1CCc2ccccc2[C@@H]1c1ccccc1F. The Morgan fingerprint density at radius 1 is 0.733 bits per heavy atom. The molecule has 0 aromatic heterocycles. The van der Waals surface area contributed by atoms with Crippen molar-refractivity contribution in [1.82, 2.24) is 4.90 Å². The normalized spacial score (nSPS) is 15.8.